The fourth-order valence-corrected chi connectivity index (χ4v) is 2.69. The van der Waals surface area contributed by atoms with Crippen LogP contribution in [-0.2, 0) is 5.92 Å². The molecule has 1 heterocycles. The molecule has 0 aliphatic heterocycles. The van der Waals surface area contributed by atoms with Gasteiger partial charge < -0.3 is 9.72 Å². The van der Waals surface area contributed by atoms with Crippen LogP contribution in [-0.4, -0.2) is 16.1 Å². The van der Waals surface area contributed by atoms with E-state index in [2.05, 4.69) is 4.98 Å². The maximum Gasteiger partial charge on any atom is 0.461 e. The largest absolute Gasteiger partial charge is 0.461 e. The Bertz CT molecular complexity index is 987. The Hall–Kier alpha value is -1.77. The number of H-pyrrole nitrogens is 1. The van der Waals surface area contributed by atoms with Crippen LogP contribution in [0.4, 0.5) is 22.0 Å². The molecular formula is C15H6Cl3F5N2O. The molecule has 2 aromatic carbocycles. The highest BCUT2D eigenvalue weighted by molar-refractivity contribution is 6.35. The van der Waals surface area contributed by atoms with Gasteiger partial charge in [-0.05, 0) is 24.3 Å². The number of halogens is 8. The zero-order valence-corrected chi connectivity index (χ0v) is 14.5. The molecule has 0 bridgehead atoms. The molecule has 3 rings (SSSR count). The molecule has 0 fully saturated rings. The second-order valence-corrected chi connectivity index (χ2v) is 6.38. The number of nitrogens with one attached hydrogen (secondary N) is 1. The van der Waals surface area contributed by atoms with E-state index < -0.39 is 17.9 Å². The summed E-state index contributed by atoms with van der Waals surface area (Å²) in [6.45, 7) is 0. The van der Waals surface area contributed by atoms with E-state index in [0.717, 1.165) is 12.1 Å². The third kappa shape index (κ3) is 3.41. The summed E-state index contributed by atoms with van der Waals surface area (Å²) in [6, 6.07) is 6.59. The third-order valence-corrected chi connectivity index (χ3v) is 4.13. The third-order valence-electron chi connectivity index (χ3n) is 3.30. The molecule has 138 valence electrons. The lowest BCUT2D eigenvalue weighted by Gasteiger charge is -2.16. The molecule has 0 spiro atoms. The van der Waals surface area contributed by atoms with Gasteiger partial charge in [-0.3, -0.25) is 0 Å². The van der Waals surface area contributed by atoms with Crippen LogP contribution in [0, 0.1) is 0 Å². The van der Waals surface area contributed by atoms with Gasteiger partial charge >= 0.3 is 12.1 Å². The Balaban J connectivity index is 2.02. The molecule has 0 atom stereocenters. The number of fused-ring (bicyclic) bond motifs is 1. The average Bonchev–Trinajstić information content (AvgIpc) is 2.92. The molecule has 0 saturated carbocycles. The van der Waals surface area contributed by atoms with Crippen LogP contribution in [0.5, 0.6) is 11.5 Å². The van der Waals surface area contributed by atoms with E-state index in [1.807, 2.05) is 4.98 Å². The average molecular weight is 432 g/mol. The van der Waals surface area contributed by atoms with Crippen LogP contribution >= 0.6 is 34.8 Å². The molecule has 0 radical (unpaired) electrons. The molecule has 0 saturated heterocycles. The van der Waals surface area contributed by atoms with E-state index in [4.69, 9.17) is 39.5 Å². The fourth-order valence-electron chi connectivity index (χ4n) is 2.05. The molecule has 3 nitrogen and oxygen atoms in total. The number of alkyl halides is 5. The van der Waals surface area contributed by atoms with Crippen LogP contribution in [0.2, 0.25) is 15.1 Å². The standard InChI is InChI=1S/C15H6Cl3F5N2O/c16-6-1-2-11(7(17)3-6)26-12-5-10-9(4-8(12)18)24-13(25-10)14(19,20)15(21,22)23/h1-5H,(H,24,25). The lowest BCUT2D eigenvalue weighted by atomic mass is 10.3. The van der Waals surface area contributed by atoms with Gasteiger partial charge in [-0.1, -0.05) is 34.8 Å². The molecule has 0 aliphatic carbocycles. The highest BCUT2D eigenvalue weighted by Gasteiger charge is 2.61. The summed E-state index contributed by atoms with van der Waals surface area (Å²) in [5, 5.41) is 0.455. The van der Waals surface area contributed by atoms with Crippen molar-refractivity contribution in [2.75, 3.05) is 0 Å². The lowest BCUT2D eigenvalue weighted by Crippen LogP contribution is -2.34. The van der Waals surface area contributed by atoms with Crippen LogP contribution in [0.15, 0.2) is 30.3 Å². The second kappa shape index (κ2) is 6.44. The van der Waals surface area contributed by atoms with Gasteiger partial charge in [0.2, 0.25) is 0 Å². The monoisotopic (exact) mass is 430 g/mol. The summed E-state index contributed by atoms with van der Waals surface area (Å²) in [4.78, 5) is 5.23. The first-order valence-electron chi connectivity index (χ1n) is 6.76. The van der Waals surface area contributed by atoms with Gasteiger partial charge in [0, 0.05) is 11.1 Å². The zero-order chi connectivity index (χ0) is 19.3. The topological polar surface area (TPSA) is 37.9 Å². The minimum absolute atomic E-state index is 0.0195. The van der Waals surface area contributed by atoms with Crippen LogP contribution in [0.1, 0.15) is 5.82 Å². The minimum atomic E-state index is -5.79. The Kier molecular flexibility index (Phi) is 4.71. The molecule has 0 aliphatic rings. The minimum Gasteiger partial charge on any atom is -0.454 e. The molecule has 1 N–H and O–H groups in total. The molecular weight excluding hydrogens is 426 g/mol. The van der Waals surface area contributed by atoms with E-state index >= 15 is 0 Å². The number of hydrogen-bond acceptors (Lipinski definition) is 2. The quantitative estimate of drug-likeness (QED) is 0.455. The number of aromatic nitrogens is 2. The van der Waals surface area contributed by atoms with Crippen molar-refractivity contribution in [3.05, 3.63) is 51.2 Å². The van der Waals surface area contributed by atoms with Crippen molar-refractivity contribution in [3.8, 4) is 11.5 Å². The van der Waals surface area contributed by atoms with E-state index in [1.165, 1.54) is 18.2 Å². The van der Waals surface area contributed by atoms with Crippen molar-refractivity contribution >= 4 is 45.8 Å². The van der Waals surface area contributed by atoms with Gasteiger partial charge in [0.1, 0.15) is 11.5 Å². The smallest absolute Gasteiger partial charge is 0.454 e. The van der Waals surface area contributed by atoms with Crippen molar-refractivity contribution in [1.29, 1.82) is 0 Å². The molecule has 3 aromatic rings. The normalized spacial score (nSPS) is 12.6. The number of ether oxygens (including phenoxy) is 1. The summed E-state index contributed by atoms with van der Waals surface area (Å²) in [6.07, 6.45) is -5.79. The first kappa shape index (κ1) is 19.0. The van der Waals surface area contributed by atoms with Crippen LogP contribution in [0.3, 0.4) is 0 Å². The van der Waals surface area contributed by atoms with Gasteiger partial charge in [0.05, 0.1) is 21.1 Å². The van der Waals surface area contributed by atoms with E-state index in [0.29, 0.717) is 5.02 Å². The molecule has 26 heavy (non-hydrogen) atoms. The number of imidazole rings is 1. The van der Waals surface area contributed by atoms with E-state index in [-0.39, 0.29) is 32.6 Å². The predicted octanol–water partition coefficient (Wildman–Crippen LogP) is 6.97. The maximum absolute atomic E-state index is 13.4. The van der Waals surface area contributed by atoms with Gasteiger partial charge in [-0.15, -0.1) is 0 Å². The van der Waals surface area contributed by atoms with Gasteiger partial charge in [-0.25, -0.2) is 4.98 Å². The van der Waals surface area contributed by atoms with Crippen molar-refractivity contribution in [2.45, 2.75) is 12.1 Å². The summed E-state index contributed by atoms with van der Waals surface area (Å²) in [5.41, 5.74) is -0.295. The first-order valence-corrected chi connectivity index (χ1v) is 7.89. The number of nitrogens with zero attached hydrogens (tertiary/aromatic N) is 1. The molecule has 0 amide bonds. The maximum atomic E-state index is 13.4. The summed E-state index contributed by atoms with van der Waals surface area (Å²) >= 11 is 17.7. The second-order valence-electron chi connectivity index (χ2n) is 5.13. The Morgan fingerprint density at radius 2 is 1.54 bits per heavy atom. The Morgan fingerprint density at radius 3 is 2.15 bits per heavy atom. The van der Waals surface area contributed by atoms with Crippen LogP contribution < -0.4 is 4.74 Å². The highest BCUT2D eigenvalue weighted by Crippen LogP contribution is 2.44. The van der Waals surface area contributed by atoms with Gasteiger partial charge in [0.15, 0.2) is 5.82 Å². The Morgan fingerprint density at radius 1 is 0.885 bits per heavy atom. The summed E-state index contributed by atoms with van der Waals surface area (Å²) in [7, 11) is 0. The van der Waals surface area contributed by atoms with Gasteiger partial charge in [0.25, 0.3) is 0 Å². The van der Waals surface area contributed by atoms with Crippen molar-refractivity contribution in [2.24, 2.45) is 0 Å². The fraction of sp³-hybridized carbons (Fsp3) is 0.133. The summed E-state index contributed by atoms with van der Waals surface area (Å²) in [5.74, 6) is -6.54. The molecule has 1 aromatic heterocycles. The van der Waals surface area contributed by atoms with E-state index in [1.54, 1.807) is 0 Å². The first-order chi connectivity index (χ1) is 12.0. The van der Waals surface area contributed by atoms with Crippen molar-refractivity contribution < 1.29 is 26.7 Å². The SMILES string of the molecule is FC(F)(F)C(F)(F)c1nc2cc(Cl)c(Oc3ccc(Cl)cc3Cl)cc2[nH]1. The number of rotatable bonds is 3. The van der Waals surface area contributed by atoms with Gasteiger partial charge in [-0.2, -0.15) is 22.0 Å². The number of hydrogen-bond donors (Lipinski definition) is 1. The number of benzene rings is 2. The molecule has 11 heteroatoms. The predicted molar refractivity (Wildman–Crippen MR) is 87.6 cm³/mol. The lowest BCUT2D eigenvalue weighted by molar-refractivity contribution is -0.292. The highest BCUT2D eigenvalue weighted by atomic mass is 35.5. The van der Waals surface area contributed by atoms with E-state index in [9.17, 15) is 22.0 Å². The zero-order valence-electron chi connectivity index (χ0n) is 12.3. The van der Waals surface area contributed by atoms with Crippen molar-refractivity contribution in [3.63, 3.8) is 0 Å². The number of aromatic amines is 1. The summed E-state index contributed by atoms with van der Waals surface area (Å²) < 4.78 is 69.8. The Labute approximate surface area is 157 Å². The molecule has 0 unspecified atom stereocenters. The van der Waals surface area contributed by atoms with Crippen LogP contribution in [0.25, 0.3) is 11.0 Å². The van der Waals surface area contributed by atoms with Crippen molar-refractivity contribution in [1.82, 2.24) is 9.97 Å².